The first kappa shape index (κ1) is 23.7. The van der Waals surface area contributed by atoms with Crippen LogP contribution in [0.2, 0.25) is 0 Å². The van der Waals surface area contributed by atoms with Crippen LogP contribution in [0.15, 0.2) is 77.7 Å². The highest BCUT2D eigenvalue weighted by Gasteiger charge is 2.17. The molecule has 1 fully saturated rings. The van der Waals surface area contributed by atoms with E-state index in [9.17, 15) is 18.0 Å². The SMILES string of the molecule is CC(=O)c1ccc(S(=O)(=O)NCc2ccc(C(=O)Nc3ccccc3N3CCCC3)cc2)cc1. The van der Waals surface area contributed by atoms with Gasteiger partial charge >= 0.3 is 0 Å². The lowest BCUT2D eigenvalue weighted by atomic mass is 10.1. The number of hydrogen-bond donors (Lipinski definition) is 2. The van der Waals surface area contributed by atoms with Crippen LogP contribution in [0.5, 0.6) is 0 Å². The van der Waals surface area contributed by atoms with Gasteiger partial charge in [-0.1, -0.05) is 36.4 Å². The minimum Gasteiger partial charge on any atom is -0.370 e. The molecule has 4 rings (SSSR count). The number of hydrogen-bond acceptors (Lipinski definition) is 5. The van der Waals surface area contributed by atoms with Gasteiger partial charge in [0.1, 0.15) is 0 Å². The van der Waals surface area contributed by atoms with Gasteiger partial charge in [-0.15, -0.1) is 0 Å². The molecule has 0 atom stereocenters. The third kappa shape index (κ3) is 5.52. The molecule has 1 amide bonds. The van der Waals surface area contributed by atoms with Gasteiger partial charge in [0.15, 0.2) is 5.78 Å². The average Bonchev–Trinajstić information content (AvgIpc) is 3.38. The van der Waals surface area contributed by atoms with Gasteiger partial charge in [-0.05, 0) is 61.7 Å². The van der Waals surface area contributed by atoms with Gasteiger partial charge in [0.05, 0.1) is 16.3 Å². The number of carbonyl (C=O) groups is 2. The summed E-state index contributed by atoms with van der Waals surface area (Å²) in [6, 6.07) is 20.4. The van der Waals surface area contributed by atoms with Gasteiger partial charge in [-0.2, -0.15) is 0 Å². The van der Waals surface area contributed by atoms with E-state index in [2.05, 4.69) is 14.9 Å². The Hall–Kier alpha value is -3.49. The molecule has 3 aromatic carbocycles. The normalized spacial score (nSPS) is 13.6. The molecule has 1 heterocycles. The Labute approximate surface area is 199 Å². The predicted molar refractivity (Wildman–Crippen MR) is 133 cm³/mol. The maximum Gasteiger partial charge on any atom is 0.255 e. The number of Topliss-reactive ketones (excluding diaryl/α,β-unsaturated/α-hetero) is 1. The Balaban J connectivity index is 1.38. The van der Waals surface area contributed by atoms with Gasteiger partial charge in [0.25, 0.3) is 5.91 Å². The Morgan fingerprint density at radius 1 is 0.853 bits per heavy atom. The summed E-state index contributed by atoms with van der Waals surface area (Å²) in [6.45, 7) is 3.48. The van der Waals surface area contributed by atoms with E-state index in [-0.39, 0.29) is 23.1 Å². The highest BCUT2D eigenvalue weighted by molar-refractivity contribution is 7.89. The molecule has 0 unspecified atom stereocenters. The van der Waals surface area contributed by atoms with Gasteiger partial charge in [0.2, 0.25) is 10.0 Å². The number of rotatable bonds is 8. The molecule has 0 saturated carbocycles. The van der Waals surface area contributed by atoms with E-state index in [1.807, 2.05) is 24.3 Å². The first-order valence-electron chi connectivity index (χ1n) is 11.2. The van der Waals surface area contributed by atoms with Gasteiger partial charge < -0.3 is 10.2 Å². The summed E-state index contributed by atoms with van der Waals surface area (Å²) >= 11 is 0. The third-order valence-electron chi connectivity index (χ3n) is 5.85. The lowest BCUT2D eigenvalue weighted by Gasteiger charge is -2.21. The van der Waals surface area contributed by atoms with Gasteiger partial charge in [-0.3, -0.25) is 9.59 Å². The van der Waals surface area contributed by atoms with E-state index >= 15 is 0 Å². The smallest absolute Gasteiger partial charge is 0.255 e. The summed E-state index contributed by atoms with van der Waals surface area (Å²) in [5, 5.41) is 3.00. The lowest BCUT2D eigenvalue weighted by molar-refractivity contribution is 0.101. The summed E-state index contributed by atoms with van der Waals surface area (Å²) in [6.07, 6.45) is 2.30. The molecule has 3 aromatic rings. The van der Waals surface area contributed by atoms with E-state index < -0.39 is 10.0 Å². The van der Waals surface area contributed by atoms with Crippen molar-refractivity contribution in [2.75, 3.05) is 23.3 Å². The molecular weight excluding hydrogens is 450 g/mol. The minimum atomic E-state index is -3.73. The molecule has 8 heteroatoms. The number of ketones is 1. The zero-order chi connectivity index (χ0) is 24.1. The van der Waals surface area contributed by atoms with Crippen molar-refractivity contribution >= 4 is 33.1 Å². The number of carbonyl (C=O) groups excluding carboxylic acids is 2. The quantitative estimate of drug-likeness (QED) is 0.474. The molecule has 176 valence electrons. The Kier molecular flexibility index (Phi) is 7.09. The molecule has 34 heavy (non-hydrogen) atoms. The van der Waals surface area contributed by atoms with Crippen molar-refractivity contribution in [3.63, 3.8) is 0 Å². The largest absolute Gasteiger partial charge is 0.370 e. The predicted octanol–water partition coefficient (Wildman–Crippen LogP) is 4.22. The molecule has 2 N–H and O–H groups in total. The van der Waals surface area contributed by atoms with Crippen molar-refractivity contribution in [3.05, 3.63) is 89.5 Å². The number of anilines is 2. The Bertz CT molecular complexity index is 1280. The zero-order valence-electron chi connectivity index (χ0n) is 19.0. The third-order valence-corrected chi connectivity index (χ3v) is 7.27. The second kappa shape index (κ2) is 10.2. The number of nitrogens with one attached hydrogen (secondary N) is 2. The molecule has 0 aliphatic carbocycles. The van der Waals surface area contributed by atoms with Crippen molar-refractivity contribution in [2.24, 2.45) is 0 Å². The second-order valence-electron chi connectivity index (χ2n) is 8.27. The van der Waals surface area contributed by atoms with Crippen LogP contribution < -0.4 is 14.9 Å². The topological polar surface area (TPSA) is 95.6 Å². The van der Waals surface area contributed by atoms with Crippen molar-refractivity contribution in [1.82, 2.24) is 4.72 Å². The monoisotopic (exact) mass is 477 g/mol. The standard InChI is InChI=1S/C26H27N3O4S/c1-19(30)21-12-14-23(15-13-21)34(32,33)27-18-20-8-10-22(11-9-20)26(31)28-24-6-2-3-7-25(24)29-16-4-5-17-29/h2-3,6-15,27H,4-5,16-18H2,1H3,(H,28,31). The maximum atomic E-state index is 12.8. The molecule has 0 spiro atoms. The van der Waals surface area contributed by atoms with Gasteiger partial charge in [0, 0.05) is 30.8 Å². The van der Waals surface area contributed by atoms with Gasteiger partial charge in [-0.25, -0.2) is 13.1 Å². The second-order valence-corrected chi connectivity index (χ2v) is 10.0. The van der Waals surface area contributed by atoms with Crippen LogP contribution in [0.25, 0.3) is 0 Å². The fraction of sp³-hybridized carbons (Fsp3) is 0.231. The van der Waals surface area contributed by atoms with Crippen LogP contribution in [0.4, 0.5) is 11.4 Å². The molecule has 0 aromatic heterocycles. The maximum absolute atomic E-state index is 12.8. The first-order chi connectivity index (χ1) is 16.3. The average molecular weight is 478 g/mol. The summed E-state index contributed by atoms with van der Waals surface area (Å²) in [4.78, 5) is 26.5. The molecule has 1 saturated heterocycles. The first-order valence-corrected chi connectivity index (χ1v) is 12.7. The van der Waals surface area contributed by atoms with E-state index in [0.717, 1.165) is 42.9 Å². The van der Waals surface area contributed by atoms with Crippen LogP contribution >= 0.6 is 0 Å². The van der Waals surface area contributed by atoms with Crippen LogP contribution in [-0.2, 0) is 16.6 Å². The number of para-hydroxylation sites is 2. The summed E-state index contributed by atoms with van der Waals surface area (Å²) in [5.74, 6) is -0.343. The van der Waals surface area contributed by atoms with Crippen molar-refractivity contribution in [1.29, 1.82) is 0 Å². The summed E-state index contributed by atoms with van der Waals surface area (Å²) in [7, 11) is -3.73. The Morgan fingerprint density at radius 2 is 1.47 bits per heavy atom. The summed E-state index contributed by atoms with van der Waals surface area (Å²) < 4.78 is 27.6. The van der Waals surface area contributed by atoms with E-state index in [0.29, 0.717) is 11.1 Å². The van der Waals surface area contributed by atoms with Crippen LogP contribution in [0, 0.1) is 0 Å². The molecule has 7 nitrogen and oxygen atoms in total. The Morgan fingerprint density at radius 3 is 2.12 bits per heavy atom. The molecule has 1 aliphatic heterocycles. The van der Waals surface area contributed by atoms with E-state index in [4.69, 9.17) is 0 Å². The highest BCUT2D eigenvalue weighted by atomic mass is 32.2. The zero-order valence-corrected chi connectivity index (χ0v) is 19.8. The number of benzene rings is 3. The van der Waals surface area contributed by atoms with E-state index in [1.54, 1.807) is 24.3 Å². The van der Waals surface area contributed by atoms with Crippen molar-refractivity contribution < 1.29 is 18.0 Å². The molecular formula is C26H27N3O4S. The minimum absolute atomic E-state index is 0.0798. The highest BCUT2D eigenvalue weighted by Crippen LogP contribution is 2.29. The fourth-order valence-electron chi connectivity index (χ4n) is 3.91. The number of sulfonamides is 1. The van der Waals surface area contributed by atoms with Crippen LogP contribution in [-0.4, -0.2) is 33.2 Å². The molecule has 0 bridgehead atoms. The number of nitrogens with zero attached hydrogens (tertiary/aromatic N) is 1. The van der Waals surface area contributed by atoms with Crippen molar-refractivity contribution in [2.45, 2.75) is 31.2 Å². The summed E-state index contributed by atoms with van der Waals surface area (Å²) in [5.41, 5.74) is 3.47. The molecule has 0 radical (unpaired) electrons. The van der Waals surface area contributed by atoms with Crippen molar-refractivity contribution in [3.8, 4) is 0 Å². The number of amides is 1. The lowest BCUT2D eigenvalue weighted by Crippen LogP contribution is -2.23. The van der Waals surface area contributed by atoms with E-state index in [1.165, 1.54) is 31.2 Å². The van der Waals surface area contributed by atoms with Crippen LogP contribution in [0.3, 0.4) is 0 Å². The fourth-order valence-corrected chi connectivity index (χ4v) is 4.93. The molecule has 1 aliphatic rings. The van der Waals surface area contributed by atoms with Crippen LogP contribution in [0.1, 0.15) is 46.0 Å².